The third kappa shape index (κ3) is 93.3. The van der Waals surface area contributed by atoms with Crippen molar-refractivity contribution in [3.8, 4) is 0 Å². The Morgan fingerprint density at radius 2 is 1.20 bits per heavy atom. The van der Waals surface area contributed by atoms with Crippen molar-refractivity contribution in [1.82, 2.24) is 0 Å². The van der Waals surface area contributed by atoms with Crippen molar-refractivity contribution in [3.05, 3.63) is 0 Å². The monoisotopic (exact) mass is 164 g/mol. The molecule has 0 bridgehead atoms. The summed E-state index contributed by atoms with van der Waals surface area (Å²) in [5.41, 5.74) is 0. The molecule has 0 aromatic rings. The molecule has 0 aliphatic rings. The van der Waals surface area contributed by atoms with E-state index >= 15 is 0 Å². The third-order valence-corrected chi connectivity index (χ3v) is 0. The molecule has 0 saturated carbocycles. The van der Waals surface area contributed by atoms with E-state index < -0.39 is 13.3 Å². The summed E-state index contributed by atoms with van der Waals surface area (Å²) in [6.07, 6.45) is 0. The van der Waals surface area contributed by atoms with Gasteiger partial charge in [0.25, 0.3) is 0 Å². The molecule has 0 nitrogen and oxygen atoms in total. The first-order valence-electron chi connectivity index (χ1n) is 0.690. The predicted molar refractivity (Wildman–Crippen MR) is 16.7 cm³/mol. The summed E-state index contributed by atoms with van der Waals surface area (Å²) in [5, 5.41) is 0. The van der Waals surface area contributed by atoms with Crippen molar-refractivity contribution in [2.45, 2.75) is 0 Å². The molecule has 0 aromatic heterocycles. The molecule has 32 valence electrons. The van der Waals surface area contributed by atoms with Crippen molar-refractivity contribution in [2.75, 3.05) is 0 Å². The molecule has 0 unspecified atom stereocenters. The number of rotatable bonds is 0. The maximum atomic E-state index is 10.3. The molecule has 0 aromatic carbocycles. The van der Waals surface area contributed by atoms with Crippen LogP contribution in [0.1, 0.15) is 0 Å². The van der Waals surface area contributed by atoms with Crippen LogP contribution in [0.3, 0.4) is 0 Å². The molecule has 0 aliphatic carbocycles. The van der Waals surface area contributed by atoms with E-state index in [-0.39, 0.29) is 0 Å². The molecule has 0 radical (unpaired) electrons. The first-order valence-corrected chi connectivity index (χ1v) is 5.48. The fourth-order valence-corrected chi connectivity index (χ4v) is 0. The van der Waals surface area contributed by atoms with Gasteiger partial charge in [0.1, 0.15) is 0 Å². The van der Waals surface area contributed by atoms with Crippen LogP contribution in [0.25, 0.3) is 0 Å². The number of halogens is 3. The van der Waals surface area contributed by atoms with E-state index in [1.807, 2.05) is 0 Å². The molecular formula is AsF3S. The molecule has 0 aliphatic heterocycles. The summed E-state index contributed by atoms with van der Waals surface area (Å²) in [6, 6.07) is 0. The molecule has 0 spiro atoms. The summed E-state index contributed by atoms with van der Waals surface area (Å²) in [6.45, 7) is 0. The van der Waals surface area contributed by atoms with Gasteiger partial charge in [-0.3, -0.25) is 0 Å². The standard InChI is InChI=1S/AsF3S/c2-1(3,4)5. The Morgan fingerprint density at radius 1 is 1.20 bits per heavy atom. The first kappa shape index (κ1) is 5.57. The maximum absolute atomic E-state index is 10.3. The first-order chi connectivity index (χ1) is 2.00. The summed E-state index contributed by atoms with van der Waals surface area (Å²) in [7, 11) is 3.00. The zero-order valence-electron chi connectivity index (χ0n) is 1.99. The molecule has 0 fully saturated rings. The van der Waals surface area contributed by atoms with E-state index in [4.69, 9.17) is 0 Å². The third-order valence-electron chi connectivity index (χ3n) is 0. The van der Waals surface area contributed by atoms with E-state index in [2.05, 4.69) is 10.4 Å². The molecule has 5 heteroatoms. The van der Waals surface area contributed by atoms with Crippen molar-refractivity contribution in [1.29, 1.82) is 0 Å². The molecule has 0 rings (SSSR count). The summed E-state index contributed by atoms with van der Waals surface area (Å²) < 4.78 is 31.0. The van der Waals surface area contributed by atoms with Crippen molar-refractivity contribution >= 4 is 23.7 Å². The van der Waals surface area contributed by atoms with Gasteiger partial charge in [0.2, 0.25) is 0 Å². The van der Waals surface area contributed by atoms with E-state index in [9.17, 15) is 10.4 Å². The average Bonchev–Trinajstić information content (AvgIpc) is 0.722. The predicted octanol–water partition coefficient (Wildman–Crippen LogP) is 1.53. The fraction of sp³-hybridized carbons (Fsp3) is 0. The van der Waals surface area contributed by atoms with Gasteiger partial charge < -0.3 is 0 Å². The molecule has 0 atom stereocenters. The van der Waals surface area contributed by atoms with Crippen LogP contribution in [-0.4, -0.2) is 13.3 Å². The Labute approximate surface area is 34.7 Å². The second-order valence-electron chi connectivity index (χ2n) is 0.399. The quantitative estimate of drug-likeness (QED) is 0.489. The molecule has 0 N–H and O–H groups in total. The minimum absolute atomic E-state index is 3.00. The second-order valence-corrected chi connectivity index (χ2v) is 4.22. The van der Waals surface area contributed by atoms with Crippen molar-refractivity contribution in [3.63, 3.8) is 0 Å². The van der Waals surface area contributed by atoms with Crippen molar-refractivity contribution < 1.29 is 10.4 Å². The van der Waals surface area contributed by atoms with Gasteiger partial charge in [-0.15, -0.1) is 0 Å². The Morgan fingerprint density at radius 3 is 1.20 bits per heavy atom. The van der Waals surface area contributed by atoms with Gasteiger partial charge in [-0.1, -0.05) is 0 Å². The van der Waals surface area contributed by atoms with E-state index in [1.165, 1.54) is 0 Å². The van der Waals surface area contributed by atoms with Gasteiger partial charge in [-0.05, 0) is 0 Å². The van der Waals surface area contributed by atoms with E-state index in [0.717, 1.165) is 0 Å². The van der Waals surface area contributed by atoms with Crippen LogP contribution in [0.2, 0.25) is 0 Å². The number of hydrogen-bond acceptors (Lipinski definition) is 1. The Hall–Kier alpha value is 0.568. The van der Waals surface area contributed by atoms with Crippen LogP contribution in [0, 0.1) is 0 Å². The minimum atomic E-state index is -5.79. The van der Waals surface area contributed by atoms with Crippen molar-refractivity contribution in [2.24, 2.45) is 0 Å². The summed E-state index contributed by atoms with van der Waals surface area (Å²) in [5.74, 6) is 0. The Kier molecular flexibility index (Phi) is 1.50. The van der Waals surface area contributed by atoms with Crippen LogP contribution in [-0.2, 0) is 0 Å². The van der Waals surface area contributed by atoms with Crippen LogP contribution >= 0.6 is 10.4 Å². The van der Waals surface area contributed by atoms with Gasteiger partial charge in [0.05, 0.1) is 0 Å². The van der Waals surface area contributed by atoms with Gasteiger partial charge in [-0.2, -0.15) is 0 Å². The van der Waals surface area contributed by atoms with E-state index in [0.29, 0.717) is 0 Å². The van der Waals surface area contributed by atoms with Crippen LogP contribution in [0.5, 0.6) is 0 Å². The normalized spacial score (nSPS) is 11.8. The zero-order chi connectivity index (χ0) is 4.50. The second kappa shape index (κ2) is 1.35. The Bertz CT molecular complexity index is 53.0. The molecule has 0 heterocycles. The molecular weight excluding hydrogens is 164 g/mol. The zero-order valence-corrected chi connectivity index (χ0v) is 4.68. The molecule has 0 amide bonds. The topological polar surface area (TPSA) is 0 Å². The SMILES string of the molecule is F[As](F)(F)=S. The molecule has 5 heavy (non-hydrogen) atoms. The Balaban J connectivity index is 3.47. The summed E-state index contributed by atoms with van der Waals surface area (Å²) >= 11 is -5.79. The van der Waals surface area contributed by atoms with Gasteiger partial charge in [0.15, 0.2) is 0 Å². The van der Waals surface area contributed by atoms with Crippen LogP contribution < -0.4 is 0 Å². The fourth-order valence-electron chi connectivity index (χ4n) is 0. The van der Waals surface area contributed by atoms with Crippen LogP contribution in [0.15, 0.2) is 0 Å². The summed E-state index contributed by atoms with van der Waals surface area (Å²) in [4.78, 5) is 0. The van der Waals surface area contributed by atoms with Gasteiger partial charge >= 0.3 is 34.1 Å². The van der Waals surface area contributed by atoms with E-state index in [1.54, 1.807) is 0 Å². The number of hydrogen-bond donors (Lipinski definition) is 0. The van der Waals surface area contributed by atoms with Crippen LogP contribution in [0.4, 0.5) is 10.4 Å². The molecule has 0 saturated heterocycles. The van der Waals surface area contributed by atoms with Gasteiger partial charge in [0, 0.05) is 0 Å². The average molecular weight is 164 g/mol. The van der Waals surface area contributed by atoms with Gasteiger partial charge in [-0.25, -0.2) is 0 Å².